The van der Waals surface area contributed by atoms with Gasteiger partial charge in [-0.2, -0.15) is 0 Å². The normalized spacial score (nSPS) is 25.7. The molecule has 0 saturated heterocycles. The summed E-state index contributed by atoms with van der Waals surface area (Å²) in [5.41, 5.74) is 1.26. The molecule has 2 unspecified atom stereocenters. The van der Waals surface area contributed by atoms with Crippen LogP contribution in [0.15, 0.2) is 0 Å². The molecular formula is C18H36O2Si. The van der Waals surface area contributed by atoms with Crippen molar-refractivity contribution in [3.05, 3.63) is 0 Å². The standard InChI is InChI=1S/C18H36O2Si/c1-15(17-11-7-5-8-12-17)21(19-3,20-4)16(2)18-13-9-6-10-14-18/h15-18H,5-14H2,1-4H3. The van der Waals surface area contributed by atoms with Crippen molar-refractivity contribution >= 4 is 8.56 Å². The van der Waals surface area contributed by atoms with Crippen molar-refractivity contribution in [3.8, 4) is 0 Å². The average Bonchev–Trinajstić information content (AvgIpc) is 2.57. The molecule has 0 spiro atoms. The SMILES string of the molecule is CO[Si](OC)(C(C)C1CCCCC1)C(C)C1CCCCC1. The Labute approximate surface area is 133 Å². The van der Waals surface area contributed by atoms with E-state index < -0.39 is 8.56 Å². The minimum atomic E-state index is -2.13. The van der Waals surface area contributed by atoms with Gasteiger partial charge in [0.25, 0.3) is 0 Å². The molecule has 2 aliphatic carbocycles. The highest BCUT2D eigenvalue weighted by Crippen LogP contribution is 2.49. The Hall–Kier alpha value is 0.137. The van der Waals surface area contributed by atoms with Gasteiger partial charge in [0.1, 0.15) is 0 Å². The first kappa shape index (κ1) is 17.5. The fourth-order valence-electron chi connectivity index (χ4n) is 5.17. The first-order chi connectivity index (χ1) is 10.2. The van der Waals surface area contributed by atoms with Crippen LogP contribution >= 0.6 is 0 Å². The Morgan fingerprint density at radius 2 is 1.00 bits per heavy atom. The monoisotopic (exact) mass is 312 g/mol. The molecule has 2 fully saturated rings. The molecule has 0 bridgehead atoms. The van der Waals surface area contributed by atoms with Crippen LogP contribution < -0.4 is 0 Å². The summed E-state index contributed by atoms with van der Waals surface area (Å²) in [5, 5.41) is 0. The van der Waals surface area contributed by atoms with E-state index in [1.807, 2.05) is 14.2 Å². The Bertz CT molecular complexity index is 266. The van der Waals surface area contributed by atoms with E-state index in [2.05, 4.69) is 13.8 Å². The second-order valence-corrected chi connectivity index (χ2v) is 11.6. The number of rotatable bonds is 6. The van der Waals surface area contributed by atoms with Gasteiger partial charge in [-0.3, -0.25) is 0 Å². The van der Waals surface area contributed by atoms with Crippen molar-refractivity contribution in [1.29, 1.82) is 0 Å². The van der Waals surface area contributed by atoms with Gasteiger partial charge in [0, 0.05) is 25.3 Å². The molecule has 0 N–H and O–H groups in total. The highest BCUT2D eigenvalue weighted by Gasteiger charge is 2.52. The van der Waals surface area contributed by atoms with Gasteiger partial charge in [-0.1, -0.05) is 78.1 Å². The summed E-state index contributed by atoms with van der Waals surface area (Å²) in [6, 6.07) is 0. The lowest BCUT2D eigenvalue weighted by Crippen LogP contribution is -2.52. The minimum absolute atomic E-state index is 0.629. The summed E-state index contributed by atoms with van der Waals surface area (Å²) < 4.78 is 12.5. The van der Waals surface area contributed by atoms with Gasteiger partial charge in [0.15, 0.2) is 0 Å². The molecule has 0 aromatic carbocycles. The smallest absolute Gasteiger partial charge is 0.344 e. The molecule has 0 aliphatic heterocycles. The fraction of sp³-hybridized carbons (Fsp3) is 1.00. The van der Waals surface area contributed by atoms with Crippen LogP contribution in [0.5, 0.6) is 0 Å². The number of hydrogen-bond acceptors (Lipinski definition) is 2. The van der Waals surface area contributed by atoms with Crippen LogP contribution in [0.3, 0.4) is 0 Å². The Balaban J connectivity index is 2.12. The summed E-state index contributed by atoms with van der Waals surface area (Å²) in [6.07, 6.45) is 14.0. The van der Waals surface area contributed by atoms with E-state index >= 15 is 0 Å². The fourth-order valence-corrected chi connectivity index (χ4v) is 9.63. The third-order valence-corrected chi connectivity index (χ3v) is 11.4. The van der Waals surface area contributed by atoms with Crippen molar-refractivity contribution in [2.45, 2.75) is 89.1 Å². The van der Waals surface area contributed by atoms with E-state index in [9.17, 15) is 0 Å². The highest BCUT2D eigenvalue weighted by molar-refractivity contribution is 6.70. The van der Waals surface area contributed by atoms with Gasteiger partial charge in [0.05, 0.1) is 0 Å². The van der Waals surface area contributed by atoms with Crippen LogP contribution in [0.1, 0.15) is 78.1 Å². The van der Waals surface area contributed by atoms with Gasteiger partial charge >= 0.3 is 8.56 Å². The molecule has 2 atom stereocenters. The second kappa shape index (κ2) is 8.12. The molecule has 0 heterocycles. The van der Waals surface area contributed by atoms with Crippen molar-refractivity contribution < 1.29 is 8.85 Å². The topological polar surface area (TPSA) is 18.5 Å². The molecule has 21 heavy (non-hydrogen) atoms. The lowest BCUT2D eigenvalue weighted by molar-refractivity contribution is 0.175. The van der Waals surface area contributed by atoms with E-state index in [1.54, 1.807) is 0 Å². The van der Waals surface area contributed by atoms with Crippen LogP contribution in [0.25, 0.3) is 0 Å². The van der Waals surface area contributed by atoms with Crippen LogP contribution in [0.2, 0.25) is 11.1 Å². The lowest BCUT2D eigenvalue weighted by Gasteiger charge is -2.45. The van der Waals surface area contributed by atoms with E-state index in [1.165, 1.54) is 64.2 Å². The van der Waals surface area contributed by atoms with Gasteiger partial charge in [-0.15, -0.1) is 0 Å². The van der Waals surface area contributed by atoms with Crippen molar-refractivity contribution in [3.63, 3.8) is 0 Å². The molecule has 2 rings (SSSR count). The molecule has 0 aromatic heterocycles. The summed E-state index contributed by atoms with van der Waals surface area (Å²) in [6.45, 7) is 4.88. The van der Waals surface area contributed by atoms with Crippen molar-refractivity contribution in [2.24, 2.45) is 11.8 Å². The molecule has 0 amide bonds. The quantitative estimate of drug-likeness (QED) is 0.589. The van der Waals surface area contributed by atoms with Crippen molar-refractivity contribution in [1.82, 2.24) is 0 Å². The first-order valence-electron chi connectivity index (χ1n) is 9.26. The Morgan fingerprint density at radius 1 is 0.667 bits per heavy atom. The molecule has 0 radical (unpaired) electrons. The molecular weight excluding hydrogens is 276 g/mol. The number of hydrogen-bond donors (Lipinski definition) is 0. The molecule has 3 heteroatoms. The lowest BCUT2D eigenvalue weighted by atomic mass is 9.87. The zero-order valence-electron chi connectivity index (χ0n) is 14.7. The van der Waals surface area contributed by atoms with Gasteiger partial charge in [-0.05, 0) is 11.8 Å². The highest BCUT2D eigenvalue weighted by atomic mass is 28.4. The second-order valence-electron chi connectivity index (χ2n) is 7.50. The van der Waals surface area contributed by atoms with Crippen LogP contribution in [-0.2, 0) is 8.85 Å². The maximum atomic E-state index is 6.23. The summed E-state index contributed by atoms with van der Waals surface area (Å²) in [7, 11) is 1.72. The van der Waals surface area contributed by atoms with Crippen LogP contribution in [0, 0.1) is 11.8 Å². The summed E-state index contributed by atoms with van der Waals surface area (Å²) >= 11 is 0. The van der Waals surface area contributed by atoms with Crippen LogP contribution in [-0.4, -0.2) is 22.8 Å². The Morgan fingerprint density at radius 3 is 1.29 bits per heavy atom. The molecule has 2 saturated carbocycles. The molecule has 0 aromatic rings. The van der Waals surface area contributed by atoms with E-state index in [0.717, 1.165) is 11.8 Å². The molecule has 2 aliphatic rings. The van der Waals surface area contributed by atoms with E-state index in [0.29, 0.717) is 11.1 Å². The molecule has 2 nitrogen and oxygen atoms in total. The Kier molecular flexibility index (Phi) is 6.76. The largest absolute Gasteiger partial charge is 0.397 e. The third-order valence-electron chi connectivity index (χ3n) is 6.62. The van der Waals surface area contributed by atoms with E-state index in [-0.39, 0.29) is 0 Å². The maximum absolute atomic E-state index is 6.23. The zero-order chi connectivity index (χ0) is 15.3. The third kappa shape index (κ3) is 3.73. The van der Waals surface area contributed by atoms with Crippen molar-refractivity contribution in [2.75, 3.05) is 14.2 Å². The van der Waals surface area contributed by atoms with Gasteiger partial charge < -0.3 is 8.85 Å². The van der Waals surface area contributed by atoms with Gasteiger partial charge in [-0.25, -0.2) is 0 Å². The van der Waals surface area contributed by atoms with Crippen LogP contribution in [0.4, 0.5) is 0 Å². The zero-order valence-corrected chi connectivity index (χ0v) is 15.7. The van der Waals surface area contributed by atoms with E-state index in [4.69, 9.17) is 8.85 Å². The maximum Gasteiger partial charge on any atom is 0.344 e. The van der Waals surface area contributed by atoms with Gasteiger partial charge in [0.2, 0.25) is 0 Å². The summed E-state index contributed by atoms with van der Waals surface area (Å²) in [5.74, 6) is 1.66. The predicted molar refractivity (Wildman–Crippen MR) is 91.8 cm³/mol. The first-order valence-corrected chi connectivity index (χ1v) is 11.2. The average molecular weight is 313 g/mol. The minimum Gasteiger partial charge on any atom is -0.397 e. The molecule has 124 valence electrons. The summed E-state index contributed by atoms with van der Waals surface area (Å²) in [4.78, 5) is 0. The predicted octanol–water partition coefficient (Wildman–Crippen LogP) is 5.66.